The van der Waals surface area contributed by atoms with Gasteiger partial charge < -0.3 is 24.1 Å². The Morgan fingerprint density at radius 2 is 1.73 bits per heavy atom. The second-order valence-corrected chi connectivity index (χ2v) is 7.20. The number of nitrogens with zero attached hydrogens (tertiary/aromatic N) is 2. The molecule has 0 radical (unpaired) electrons. The van der Waals surface area contributed by atoms with Crippen LogP contribution in [0, 0.1) is 0 Å². The highest BCUT2D eigenvalue weighted by molar-refractivity contribution is 5.95. The molecule has 2 amide bonds. The number of nitrogens with one attached hydrogen (secondary N) is 1. The minimum atomic E-state index is -0.293. The van der Waals surface area contributed by atoms with Crippen LogP contribution in [0.25, 0.3) is 0 Å². The Morgan fingerprint density at radius 3 is 2.27 bits per heavy atom. The average molecular weight is 418 g/mol. The lowest BCUT2D eigenvalue weighted by molar-refractivity contribution is 0.0651. The Balaban J connectivity index is 2.25. The lowest BCUT2D eigenvalue weighted by Crippen LogP contribution is -2.38. The van der Waals surface area contributed by atoms with E-state index in [1.54, 1.807) is 23.1 Å². The maximum Gasteiger partial charge on any atom is 0.273 e. The molecule has 30 heavy (non-hydrogen) atoms. The largest absolute Gasteiger partial charge is 0.497 e. The van der Waals surface area contributed by atoms with Crippen LogP contribution in [0.1, 0.15) is 67.3 Å². The van der Waals surface area contributed by atoms with Crippen molar-refractivity contribution in [2.75, 3.05) is 14.2 Å². The van der Waals surface area contributed by atoms with Crippen molar-refractivity contribution in [1.29, 1.82) is 0 Å². The Bertz CT molecular complexity index is 842. The van der Waals surface area contributed by atoms with E-state index in [0.29, 0.717) is 23.0 Å². The summed E-state index contributed by atoms with van der Waals surface area (Å²) in [7, 11) is 3.07. The molecule has 0 spiro atoms. The molecular weight excluding hydrogens is 386 g/mol. The molecule has 1 N–H and O–H groups in total. The van der Waals surface area contributed by atoms with Crippen LogP contribution < -0.4 is 14.8 Å². The Hall–Kier alpha value is -3.03. The molecule has 164 valence electrons. The van der Waals surface area contributed by atoms with E-state index in [1.807, 2.05) is 27.7 Å². The van der Waals surface area contributed by atoms with Crippen LogP contribution in [0.15, 0.2) is 28.9 Å². The van der Waals surface area contributed by atoms with Crippen LogP contribution in [-0.4, -0.2) is 48.0 Å². The van der Waals surface area contributed by atoms with Gasteiger partial charge in [0.1, 0.15) is 17.8 Å². The number of hydrogen-bond donors (Lipinski definition) is 1. The number of carbonyl (C=O) groups is 2. The van der Waals surface area contributed by atoms with E-state index in [4.69, 9.17) is 13.9 Å². The van der Waals surface area contributed by atoms with Gasteiger partial charge in [-0.3, -0.25) is 9.59 Å². The summed E-state index contributed by atoms with van der Waals surface area (Å²) in [6.07, 6.45) is 2.88. The molecule has 0 saturated heterocycles. The quantitative estimate of drug-likeness (QED) is 0.634. The van der Waals surface area contributed by atoms with Crippen LogP contribution in [0.5, 0.6) is 11.5 Å². The highest BCUT2D eigenvalue weighted by Gasteiger charge is 2.25. The van der Waals surface area contributed by atoms with Crippen molar-refractivity contribution < 1.29 is 23.5 Å². The van der Waals surface area contributed by atoms with Crippen LogP contribution in [0.4, 0.5) is 0 Å². The molecule has 1 aromatic heterocycles. The molecule has 2 aromatic rings. The molecule has 0 unspecified atom stereocenters. The van der Waals surface area contributed by atoms with Crippen LogP contribution in [-0.2, 0) is 6.54 Å². The summed E-state index contributed by atoms with van der Waals surface area (Å²) in [5.74, 6) is 0.861. The van der Waals surface area contributed by atoms with Gasteiger partial charge in [0.05, 0.1) is 20.8 Å². The molecule has 1 heterocycles. The number of aromatic nitrogens is 1. The topological polar surface area (TPSA) is 93.9 Å². The van der Waals surface area contributed by atoms with Gasteiger partial charge in [0.2, 0.25) is 5.89 Å². The van der Waals surface area contributed by atoms with Gasteiger partial charge in [-0.25, -0.2) is 4.98 Å². The average Bonchev–Trinajstić information content (AvgIpc) is 3.24. The summed E-state index contributed by atoms with van der Waals surface area (Å²) in [6.45, 7) is 8.00. The zero-order valence-electron chi connectivity index (χ0n) is 18.5. The Kier molecular flexibility index (Phi) is 8.26. The highest BCUT2D eigenvalue weighted by Crippen LogP contribution is 2.25. The van der Waals surface area contributed by atoms with E-state index in [1.165, 1.54) is 20.5 Å². The van der Waals surface area contributed by atoms with Gasteiger partial charge in [-0.2, -0.15) is 0 Å². The molecule has 0 aliphatic carbocycles. The fourth-order valence-electron chi connectivity index (χ4n) is 2.78. The maximum absolute atomic E-state index is 13.3. The molecule has 0 saturated carbocycles. The third-order valence-corrected chi connectivity index (χ3v) is 5.06. The number of amides is 2. The van der Waals surface area contributed by atoms with E-state index in [0.717, 1.165) is 12.8 Å². The van der Waals surface area contributed by atoms with Gasteiger partial charge in [-0.05, 0) is 38.8 Å². The fraction of sp³-hybridized carbons (Fsp3) is 0.500. The van der Waals surface area contributed by atoms with Crippen molar-refractivity contribution >= 4 is 11.8 Å². The molecule has 2 rings (SSSR count). The van der Waals surface area contributed by atoms with Crippen molar-refractivity contribution in [3.05, 3.63) is 41.6 Å². The monoisotopic (exact) mass is 417 g/mol. The van der Waals surface area contributed by atoms with Crippen molar-refractivity contribution in [2.24, 2.45) is 0 Å². The molecule has 2 atom stereocenters. The Labute approximate surface area is 177 Å². The minimum Gasteiger partial charge on any atom is -0.497 e. The number of hydrogen-bond acceptors (Lipinski definition) is 6. The van der Waals surface area contributed by atoms with Crippen molar-refractivity contribution in [2.45, 2.75) is 59.2 Å². The third-order valence-electron chi connectivity index (χ3n) is 5.06. The predicted octanol–water partition coefficient (Wildman–Crippen LogP) is 3.66. The summed E-state index contributed by atoms with van der Waals surface area (Å²) >= 11 is 0. The van der Waals surface area contributed by atoms with E-state index in [2.05, 4.69) is 10.3 Å². The zero-order chi connectivity index (χ0) is 22.3. The summed E-state index contributed by atoms with van der Waals surface area (Å²) in [4.78, 5) is 31.5. The summed E-state index contributed by atoms with van der Waals surface area (Å²) in [6, 6.07) is 5.01. The molecule has 0 aliphatic rings. The van der Waals surface area contributed by atoms with Crippen LogP contribution >= 0.6 is 0 Å². The number of methoxy groups -OCH3 is 2. The summed E-state index contributed by atoms with van der Waals surface area (Å²) in [5, 5.41) is 2.85. The second-order valence-electron chi connectivity index (χ2n) is 7.20. The number of carbonyl (C=O) groups excluding carboxylic acids is 2. The van der Waals surface area contributed by atoms with E-state index >= 15 is 0 Å². The minimum absolute atomic E-state index is 0.0406. The summed E-state index contributed by atoms with van der Waals surface area (Å²) < 4.78 is 16.0. The first kappa shape index (κ1) is 23.3. The number of oxazole rings is 1. The van der Waals surface area contributed by atoms with E-state index < -0.39 is 0 Å². The third kappa shape index (κ3) is 5.75. The number of benzene rings is 1. The Morgan fingerprint density at radius 1 is 1.10 bits per heavy atom. The van der Waals surface area contributed by atoms with Crippen molar-refractivity contribution in [1.82, 2.24) is 15.2 Å². The van der Waals surface area contributed by atoms with Crippen LogP contribution in [0.2, 0.25) is 0 Å². The van der Waals surface area contributed by atoms with Crippen molar-refractivity contribution in [3.8, 4) is 11.5 Å². The molecular formula is C22H31N3O5. The van der Waals surface area contributed by atoms with Gasteiger partial charge in [0, 0.05) is 23.7 Å². The van der Waals surface area contributed by atoms with Crippen LogP contribution in [0.3, 0.4) is 0 Å². The van der Waals surface area contributed by atoms with Gasteiger partial charge in [-0.1, -0.05) is 13.8 Å². The molecule has 0 aliphatic heterocycles. The van der Waals surface area contributed by atoms with Gasteiger partial charge in [0.25, 0.3) is 11.8 Å². The molecule has 8 nitrogen and oxygen atoms in total. The SMILES string of the molecule is CC[C@@H](C)NC(=O)c1coc(CN(C(=O)c2cc(OC)cc(OC)c2)[C@H](C)CC)n1. The zero-order valence-corrected chi connectivity index (χ0v) is 18.5. The maximum atomic E-state index is 13.3. The highest BCUT2D eigenvalue weighted by atomic mass is 16.5. The lowest BCUT2D eigenvalue weighted by Gasteiger charge is -2.27. The number of rotatable bonds is 10. The predicted molar refractivity (Wildman–Crippen MR) is 113 cm³/mol. The lowest BCUT2D eigenvalue weighted by atomic mass is 10.1. The molecule has 1 aromatic carbocycles. The normalized spacial score (nSPS) is 12.7. The van der Waals surface area contributed by atoms with Gasteiger partial charge in [0.15, 0.2) is 5.69 Å². The first-order chi connectivity index (χ1) is 14.3. The molecule has 8 heteroatoms. The van der Waals surface area contributed by atoms with E-state index in [-0.39, 0.29) is 36.1 Å². The van der Waals surface area contributed by atoms with Gasteiger partial charge in [-0.15, -0.1) is 0 Å². The molecule has 0 fully saturated rings. The standard InChI is InChI=1S/C22H31N3O5/c1-7-14(3)23-21(26)19-13-30-20(24-19)12-25(15(4)8-2)22(27)16-9-17(28-5)11-18(10-16)29-6/h9-11,13-15H,7-8,12H2,1-6H3,(H,23,26)/t14-,15-/m1/s1. The molecule has 0 bridgehead atoms. The number of ether oxygens (including phenoxy) is 2. The first-order valence-corrected chi connectivity index (χ1v) is 10.1. The first-order valence-electron chi connectivity index (χ1n) is 10.1. The summed E-state index contributed by atoms with van der Waals surface area (Å²) in [5.41, 5.74) is 0.637. The fourth-order valence-corrected chi connectivity index (χ4v) is 2.78. The smallest absolute Gasteiger partial charge is 0.273 e. The van der Waals surface area contributed by atoms with E-state index in [9.17, 15) is 9.59 Å². The van der Waals surface area contributed by atoms with Crippen molar-refractivity contribution in [3.63, 3.8) is 0 Å². The second kappa shape index (κ2) is 10.7. The van der Waals surface area contributed by atoms with Gasteiger partial charge >= 0.3 is 0 Å².